The molecule has 2 heterocycles. The first-order valence-electron chi connectivity index (χ1n) is 8.39. The van der Waals surface area contributed by atoms with Gasteiger partial charge in [-0.2, -0.15) is 13.2 Å². The molecule has 25 heavy (non-hydrogen) atoms. The summed E-state index contributed by atoms with van der Waals surface area (Å²) in [5, 5.41) is 2.05. The standard InChI is InChI=1S/C11H16N2S2.C7H5F3/c1(4-14-11-12-2-5-15-11)3-13-7-9-6-10(9)8-13;8-7(9,10)6-4-2-1-3-5-6/h2,5,9-10H,1,3-4,6-8H2;1-5H. The summed E-state index contributed by atoms with van der Waals surface area (Å²) < 4.78 is 36.6. The fourth-order valence-electron chi connectivity index (χ4n) is 3.03. The third-order valence-corrected chi connectivity index (χ3v) is 6.46. The van der Waals surface area contributed by atoms with Gasteiger partial charge in [-0.1, -0.05) is 42.1 Å². The van der Waals surface area contributed by atoms with Crippen molar-refractivity contribution in [3.05, 3.63) is 47.5 Å². The van der Waals surface area contributed by atoms with Crippen LogP contribution in [-0.4, -0.2) is 35.3 Å². The minimum absolute atomic E-state index is 0.602. The van der Waals surface area contributed by atoms with Gasteiger partial charge >= 0.3 is 6.18 Å². The van der Waals surface area contributed by atoms with Gasteiger partial charge in [-0.15, -0.1) is 11.3 Å². The highest BCUT2D eigenvalue weighted by Gasteiger charge is 2.44. The van der Waals surface area contributed by atoms with Gasteiger partial charge in [0.05, 0.1) is 5.56 Å². The van der Waals surface area contributed by atoms with E-state index in [0.717, 1.165) is 24.0 Å². The summed E-state index contributed by atoms with van der Waals surface area (Å²) in [7, 11) is 0. The second-order valence-electron chi connectivity index (χ2n) is 6.38. The molecule has 4 rings (SSSR count). The molecule has 2 atom stereocenters. The van der Waals surface area contributed by atoms with Crippen LogP contribution >= 0.6 is 23.1 Å². The van der Waals surface area contributed by atoms with Crippen LogP contribution in [0.15, 0.2) is 46.2 Å². The van der Waals surface area contributed by atoms with Crippen molar-refractivity contribution in [1.29, 1.82) is 0 Å². The van der Waals surface area contributed by atoms with Gasteiger partial charge in [-0.25, -0.2) is 4.98 Å². The van der Waals surface area contributed by atoms with Crippen LogP contribution in [0, 0.1) is 11.8 Å². The maximum Gasteiger partial charge on any atom is 0.416 e. The Kier molecular flexibility index (Phi) is 6.41. The molecule has 2 nitrogen and oxygen atoms in total. The lowest BCUT2D eigenvalue weighted by Gasteiger charge is -2.16. The first-order chi connectivity index (χ1) is 12.0. The van der Waals surface area contributed by atoms with Crippen LogP contribution in [0.4, 0.5) is 13.2 Å². The molecule has 0 spiro atoms. The molecule has 2 fully saturated rings. The second kappa shape index (κ2) is 8.56. The van der Waals surface area contributed by atoms with Crippen LogP contribution in [0.2, 0.25) is 0 Å². The van der Waals surface area contributed by atoms with Crippen molar-refractivity contribution in [2.24, 2.45) is 11.8 Å². The summed E-state index contributed by atoms with van der Waals surface area (Å²) >= 11 is 3.65. The van der Waals surface area contributed by atoms with Crippen LogP contribution in [0.5, 0.6) is 0 Å². The lowest BCUT2D eigenvalue weighted by atomic mass is 10.2. The Morgan fingerprint density at radius 1 is 1.16 bits per heavy atom. The van der Waals surface area contributed by atoms with Crippen LogP contribution in [0.1, 0.15) is 18.4 Å². The van der Waals surface area contributed by atoms with Crippen LogP contribution < -0.4 is 0 Å². The lowest BCUT2D eigenvalue weighted by molar-refractivity contribution is -0.137. The van der Waals surface area contributed by atoms with Crippen molar-refractivity contribution in [1.82, 2.24) is 9.88 Å². The fourth-order valence-corrected chi connectivity index (χ4v) is 4.67. The van der Waals surface area contributed by atoms with Crippen molar-refractivity contribution < 1.29 is 13.2 Å². The lowest BCUT2D eigenvalue weighted by Crippen LogP contribution is -2.24. The van der Waals surface area contributed by atoms with E-state index in [-0.39, 0.29) is 0 Å². The largest absolute Gasteiger partial charge is 0.416 e. The molecule has 1 aliphatic carbocycles. The number of aromatic nitrogens is 1. The maximum absolute atomic E-state index is 11.8. The number of fused-ring (bicyclic) bond motifs is 1. The van der Waals surface area contributed by atoms with E-state index in [0.29, 0.717) is 0 Å². The number of piperidine rings is 1. The van der Waals surface area contributed by atoms with E-state index < -0.39 is 11.7 Å². The summed E-state index contributed by atoms with van der Waals surface area (Å²) in [5.41, 5.74) is -0.602. The molecule has 2 unspecified atom stereocenters. The third-order valence-electron chi connectivity index (χ3n) is 4.41. The molecular weight excluding hydrogens is 365 g/mol. The molecule has 1 aromatic carbocycles. The molecule has 1 aliphatic heterocycles. The van der Waals surface area contributed by atoms with Crippen molar-refractivity contribution in [3.63, 3.8) is 0 Å². The highest BCUT2D eigenvalue weighted by molar-refractivity contribution is 8.00. The van der Waals surface area contributed by atoms with Gasteiger partial charge in [-0.3, -0.25) is 0 Å². The maximum atomic E-state index is 11.8. The summed E-state index contributed by atoms with van der Waals surface area (Å²) in [6.07, 6.45) is 0.510. The number of thiazole rings is 1. The number of nitrogens with zero attached hydrogens (tertiary/aromatic N) is 2. The highest BCUT2D eigenvalue weighted by Crippen LogP contribution is 2.44. The van der Waals surface area contributed by atoms with Crippen molar-refractivity contribution in [3.8, 4) is 0 Å². The molecule has 0 N–H and O–H groups in total. The van der Waals surface area contributed by atoms with Crippen LogP contribution in [0.25, 0.3) is 0 Å². The summed E-state index contributed by atoms with van der Waals surface area (Å²) in [6, 6.07) is 6.36. The molecular formula is C18H21F3N2S2. The Morgan fingerprint density at radius 3 is 2.44 bits per heavy atom. The van der Waals surface area contributed by atoms with E-state index >= 15 is 0 Å². The van der Waals surface area contributed by atoms with E-state index in [9.17, 15) is 13.2 Å². The van der Waals surface area contributed by atoms with Crippen LogP contribution in [-0.2, 0) is 6.18 Å². The summed E-state index contributed by atoms with van der Waals surface area (Å²) in [5.74, 6) is 3.38. The average molecular weight is 387 g/mol. The quantitative estimate of drug-likeness (QED) is 0.514. The molecule has 0 radical (unpaired) electrons. The van der Waals surface area contributed by atoms with Gasteiger partial charge in [0.1, 0.15) is 4.34 Å². The van der Waals surface area contributed by atoms with Gasteiger partial charge < -0.3 is 4.90 Å². The molecule has 0 amide bonds. The number of halogens is 3. The number of hydrogen-bond acceptors (Lipinski definition) is 4. The van der Waals surface area contributed by atoms with Gasteiger partial charge in [-0.05, 0) is 31.2 Å². The summed E-state index contributed by atoms with van der Waals surface area (Å²) in [6.45, 7) is 4.06. The topological polar surface area (TPSA) is 16.1 Å². The molecule has 136 valence electrons. The zero-order chi connectivity index (χ0) is 17.7. The number of benzene rings is 1. The Hall–Kier alpha value is -1.05. The molecule has 0 bridgehead atoms. The second-order valence-corrected chi connectivity index (χ2v) is 8.62. The van der Waals surface area contributed by atoms with Gasteiger partial charge in [0.2, 0.25) is 0 Å². The predicted octanol–water partition coefficient (Wildman–Crippen LogP) is 5.28. The zero-order valence-electron chi connectivity index (χ0n) is 13.8. The van der Waals surface area contributed by atoms with Crippen LogP contribution in [0.3, 0.4) is 0 Å². The highest BCUT2D eigenvalue weighted by atomic mass is 32.2. The average Bonchev–Trinajstić information content (AvgIpc) is 3.01. The molecule has 2 aromatic rings. The van der Waals surface area contributed by atoms with E-state index in [4.69, 9.17) is 0 Å². The Balaban J connectivity index is 0.000000160. The minimum Gasteiger partial charge on any atom is -0.303 e. The first-order valence-corrected chi connectivity index (χ1v) is 10.3. The number of rotatable bonds is 5. The van der Waals surface area contributed by atoms with Gasteiger partial charge in [0.15, 0.2) is 0 Å². The van der Waals surface area contributed by atoms with Gasteiger partial charge in [0, 0.05) is 30.4 Å². The molecule has 1 saturated heterocycles. The zero-order valence-corrected chi connectivity index (χ0v) is 15.4. The Bertz CT molecular complexity index is 622. The molecule has 1 saturated carbocycles. The first kappa shape index (κ1) is 18.7. The number of likely N-dealkylation sites (tertiary alicyclic amines) is 1. The van der Waals surface area contributed by atoms with E-state index in [1.54, 1.807) is 17.4 Å². The summed E-state index contributed by atoms with van der Waals surface area (Å²) in [4.78, 5) is 6.91. The van der Waals surface area contributed by atoms with Crippen molar-refractivity contribution in [2.45, 2.75) is 23.4 Å². The normalized spacial score (nSPS) is 22.2. The van der Waals surface area contributed by atoms with Gasteiger partial charge in [0.25, 0.3) is 0 Å². The van der Waals surface area contributed by atoms with E-state index in [2.05, 4.69) is 15.3 Å². The molecule has 7 heteroatoms. The monoisotopic (exact) mass is 386 g/mol. The molecule has 1 aromatic heterocycles. The molecule has 2 aliphatic rings. The smallest absolute Gasteiger partial charge is 0.303 e. The SMILES string of the molecule is FC(F)(F)c1ccccc1.c1csc(SCCCN2CC3CC3C2)n1. The number of hydrogen-bond donors (Lipinski definition) is 0. The Morgan fingerprint density at radius 2 is 1.88 bits per heavy atom. The predicted molar refractivity (Wildman–Crippen MR) is 96.9 cm³/mol. The van der Waals surface area contributed by atoms with E-state index in [1.807, 2.05) is 18.0 Å². The number of alkyl halides is 3. The third kappa shape index (κ3) is 6.01. The fraction of sp³-hybridized carbons (Fsp3) is 0.500. The van der Waals surface area contributed by atoms with Crippen molar-refractivity contribution in [2.75, 3.05) is 25.4 Å². The van der Waals surface area contributed by atoms with Crippen molar-refractivity contribution >= 4 is 23.1 Å². The van der Waals surface area contributed by atoms with E-state index in [1.165, 1.54) is 54.7 Å². The minimum atomic E-state index is -4.21. The number of thioether (sulfide) groups is 1. The Labute approximate surface area is 154 Å².